The topological polar surface area (TPSA) is 102 Å². The molecule has 1 atom stereocenters. The summed E-state index contributed by atoms with van der Waals surface area (Å²) in [6.07, 6.45) is 3.19. The van der Waals surface area contributed by atoms with E-state index in [9.17, 15) is 14.9 Å². The SMILES string of the molecule is NCCC1CCCN(CC(=O)Nc2ccccc2[N+](=O)[O-])C1. The molecule has 1 amide bonds. The van der Waals surface area contributed by atoms with Crippen molar-refractivity contribution >= 4 is 17.3 Å². The molecule has 7 heteroatoms. The molecule has 1 fully saturated rings. The van der Waals surface area contributed by atoms with E-state index < -0.39 is 4.92 Å². The van der Waals surface area contributed by atoms with Crippen LogP contribution < -0.4 is 11.1 Å². The number of carbonyl (C=O) groups excluding carboxylic acids is 1. The predicted octanol–water partition coefficient (Wildman–Crippen LogP) is 1.59. The lowest BCUT2D eigenvalue weighted by Crippen LogP contribution is -2.41. The number of rotatable bonds is 6. The second-order valence-electron chi connectivity index (χ2n) is 5.64. The molecule has 0 aromatic heterocycles. The van der Waals surface area contributed by atoms with Gasteiger partial charge in [-0.1, -0.05) is 12.1 Å². The van der Waals surface area contributed by atoms with Crippen LogP contribution in [0.1, 0.15) is 19.3 Å². The Labute approximate surface area is 129 Å². The van der Waals surface area contributed by atoms with Crippen LogP contribution in [-0.2, 0) is 4.79 Å². The molecule has 120 valence electrons. The van der Waals surface area contributed by atoms with Gasteiger partial charge in [-0.05, 0) is 44.3 Å². The van der Waals surface area contributed by atoms with E-state index in [-0.39, 0.29) is 23.8 Å². The summed E-state index contributed by atoms with van der Waals surface area (Å²) < 4.78 is 0. The van der Waals surface area contributed by atoms with E-state index in [1.54, 1.807) is 18.2 Å². The van der Waals surface area contributed by atoms with Crippen molar-refractivity contribution in [1.29, 1.82) is 0 Å². The summed E-state index contributed by atoms with van der Waals surface area (Å²) in [5.74, 6) is 0.320. The number of nitrogens with zero attached hydrogens (tertiary/aromatic N) is 2. The van der Waals surface area contributed by atoms with E-state index >= 15 is 0 Å². The molecule has 0 radical (unpaired) electrons. The Kier molecular flexibility index (Phi) is 5.85. The number of nitrogens with two attached hydrogens (primary N) is 1. The summed E-state index contributed by atoms with van der Waals surface area (Å²) in [4.78, 5) is 24.7. The predicted molar refractivity (Wildman–Crippen MR) is 84.6 cm³/mol. The molecule has 2 rings (SSSR count). The van der Waals surface area contributed by atoms with Crippen LogP contribution in [0.15, 0.2) is 24.3 Å². The van der Waals surface area contributed by atoms with Crippen molar-refractivity contribution in [3.8, 4) is 0 Å². The van der Waals surface area contributed by atoms with Crippen molar-refractivity contribution in [2.45, 2.75) is 19.3 Å². The van der Waals surface area contributed by atoms with Gasteiger partial charge in [0.15, 0.2) is 0 Å². The highest BCUT2D eigenvalue weighted by molar-refractivity contribution is 5.94. The van der Waals surface area contributed by atoms with E-state index in [1.807, 2.05) is 0 Å². The molecule has 3 N–H and O–H groups in total. The zero-order chi connectivity index (χ0) is 15.9. The van der Waals surface area contributed by atoms with Crippen molar-refractivity contribution in [3.63, 3.8) is 0 Å². The lowest BCUT2D eigenvalue weighted by Gasteiger charge is -2.32. The zero-order valence-electron chi connectivity index (χ0n) is 12.5. The molecule has 1 heterocycles. The number of hydrogen-bond donors (Lipinski definition) is 2. The monoisotopic (exact) mass is 306 g/mol. The van der Waals surface area contributed by atoms with Crippen LogP contribution in [0.25, 0.3) is 0 Å². The largest absolute Gasteiger partial charge is 0.330 e. The molecule has 22 heavy (non-hydrogen) atoms. The fourth-order valence-electron chi connectivity index (χ4n) is 2.90. The average molecular weight is 306 g/mol. The molecule has 1 unspecified atom stereocenters. The van der Waals surface area contributed by atoms with Gasteiger partial charge >= 0.3 is 0 Å². The van der Waals surface area contributed by atoms with Crippen molar-refractivity contribution in [3.05, 3.63) is 34.4 Å². The summed E-state index contributed by atoms with van der Waals surface area (Å²) in [5.41, 5.74) is 5.75. The van der Waals surface area contributed by atoms with Crippen LogP contribution in [-0.4, -0.2) is 41.9 Å². The van der Waals surface area contributed by atoms with Gasteiger partial charge in [0, 0.05) is 12.6 Å². The molecule has 1 aromatic rings. The summed E-state index contributed by atoms with van der Waals surface area (Å²) in [6.45, 7) is 2.67. The molecule has 1 aromatic carbocycles. The first kappa shape index (κ1) is 16.4. The maximum absolute atomic E-state index is 12.1. The molecule has 1 aliphatic rings. The van der Waals surface area contributed by atoms with Gasteiger partial charge in [0.1, 0.15) is 5.69 Å². The Hall–Kier alpha value is -1.99. The van der Waals surface area contributed by atoms with E-state index in [4.69, 9.17) is 5.73 Å². The van der Waals surface area contributed by atoms with Crippen molar-refractivity contribution in [1.82, 2.24) is 4.90 Å². The number of nitro benzene ring substituents is 1. The van der Waals surface area contributed by atoms with Crippen LogP contribution in [0.2, 0.25) is 0 Å². The molecular formula is C15H22N4O3. The molecule has 0 aliphatic carbocycles. The number of nitrogens with one attached hydrogen (secondary N) is 1. The number of anilines is 1. The van der Waals surface area contributed by atoms with Gasteiger partial charge in [0.25, 0.3) is 5.69 Å². The summed E-state index contributed by atoms with van der Waals surface area (Å²) in [7, 11) is 0. The standard InChI is InChI=1S/C15H22N4O3/c16-8-7-12-4-3-9-18(10-12)11-15(20)17-13-5-1-2-6-14(13)19(21)22/h1-2,5-6,12H,3-4,7-11,16H2,(H,17,20). The lowest BCUT2D eigenvalue weighted by molar-refractivity contribution is -0.383. The highest BCUT2D eigenvalue weighted by atomic mass is 16.6. The number of para-hydroxylation sites is 2. The van der Waals surface area contributed by atoms with Crippen molar-refractivity contribution in [2.24, 2.45) is 11.7 Å². The van der Waals surface area contributed by atoms with Crippen LogP contribution in [0.4, 0.5) is 11.4 Å². The third-order valence-electron chi connectivity index (χ3n) is 3.92. The van der Waals surface area contributed by atoms with Gasteiger partial charge in [-0.25, -0.2) is 0 Å². The Balaban J connectivity index is 1.92. The first-order chi connectivity index (χ1) is 10.6. The van der Waals surface area contributed by atoms with Crippen LogP contribution >= 0.6 is 0 Å². The second-order valence-corrected chi connectivity index (χ2v) is 5.64. The number of carbonyl (C=O) groups is 1. The summed E-state index contributed by atoms with van der Waals surface area (Å²) >= 11 is 0. The number of likely N-dealkylation sites (tertiary alicyclic amines) is 1. The minimum atomic E-state index is -0.492. The number of benzene rings is 1. The molecule has 0 spiro atoms. The van der Waals surface area contributed by atoms with E-state index in [2.05, 4.69) is 10.2 Å². The normalized spacial score (nSPS) is 18.9. The lowest BCUT2D eigenvalue weighted by atomic mass is 9.95. The maximum Gasteiger partial charge on any atom is 0.292 e. The number of nitro groups is 1. The van der Waals surface area contributed by atoms with Gasteiger partial charge in [0.2, 0.25) is 5.91 Å². The third kappa shape index (κ3) is 4.51. The van der Waals surface area contributed by atoms with Crippen molar-refractivity contribution in [2.75, 3.05) is 31.5 Å². The Bertz CT molecular complexity index is 533. The number of piperidine rings is 1. The molecule has 7 nitrogen and oxygen atoms in total. The average Bonchev–Trinajstić information content (AvgIpc) is 2.48. The first-order valence-electron chi connectivity index (χ1n) is 7.56. The van der Waals surface area contributed by atoms with Gasteiger partial charge < -0.3 is 11.1 Å². The Morgan fingerprint density at radius 1 is 1.45 bits per heavy atom. The smallest absolute Gasteiger partial charge is 0.292 e. The van der Waals surface area contributed by atoms with Crippen LogP contribution in [0, 0.1) is 16.0 Å². The Morgan fingerprint density at radius 2 is 2.23 bits per heavy atom. The van der Waals surface area contributed by atoms with E-state index in [1.165, 1.54) is 6.07 Å². The highest BCUT2D eigenvalue weighted by Gasteiger charge is 2.22. The van der Waals surface area contributed by atoms with E-state index in [0.29, 0.717) is 12.5 Å². The summed E-state index contributed by atoms with van der Waals surface area (Å²) in [6, 6.07) is 6.17. The molecular weight excluding hydrogens is 284 g/mol. The zero-order valence-corrected chi connectivity index (χ0v) is 12.5. The Morgan fingerprint density at radius 3 is 2.95 bits per heavy atom. The van der Waals surface area contributed by atoms with Gasteiger partial charge in [0.05, 0.1) is 11.5 Å². The summed E-state index contributed by atoms with van der Waals surface area (Å²) in [5, 5.41) is 13.6. The second kappa shape index (κ2) is 7.86. The minimum absolute atomic E-state index is 0.0875. The molecule has 0 saturated carbocycles. The first-order valence-corrected chi connectivity index (χ1v) is 7.56. The maximum atomic E-state index is 12.1. The number of amides is 1. The minimum Gasteiger partial charge on any atom is -0.330 e. The van der Waals surface area contributed by atoms with Crippen molar-refractivity contribution < 1.29 is 9.72 Å². The fraction of sp³-hybridized carbons (Fsp3) is 0.533. The molecule has 1 saturated heterocycles. The quantitative estimate of drug-likeness (QED) is 0.614. The molecule has 1 aliphatic heterocycles. The highest BCUT2D eigenvalue weighted by Crippen LogP contribution is 2.23. The van der Waals surface area contributed by atoms with Gasteiger partial charge in [-0.3, -0.25) is 19.8 Å². The van der Waals surface area contributed by atoms with Gasteiger partial charge in [-0.15, -0.1) is 0 Å². The van der Waals surface area contributed by atoms with Crippen LogP contribution in [0.3, 0.4) is 0 Å². The fourth-order valence-corrected chi connectivity index (χ4v) is 2.90. The van der Waals surface area contributed by atoms with Gasteiger partial charge in [-0.2, -0.15) is 0 Å². The van der Waals surface area contributed by atoms with E-state index in [0.717, 1.165) is 32.4 Å². The molecule has 0 bridgehead atoms. The third-order valence-corrected chi connectivity index (χ3v) is 3.92. The number of hydrogen-bond acceptors (Lipinski definition) is 5. The van der Waals surface area contributed by atoms with Crippen LogP contribution in [0.5, 0.6) is 0 Å².